The third-order valence-corrected chi connectivity index (χ3v) is 9.06. The van der Waals surface area contributed by atoms with E-state index in [1.54, 1.807) is 17.2 Å². The fourth-order valence-corrected chi connectivity index (χ4v) is 7.26. The number of ether oxygens (including phenoxy) is 1. The first-order chi connectivity index (χ1) is 18.5. The van der Waals surface area contributed by atoms with Crippen molar-refractivity contribution in [2.75, 3.05) is 6.61 Å². The van der Waals surface area contributed by atoms with Crippen LogP contribution in [0.4, 0.5) is 0 Å². The molecule has 4 aliphatic rings. The minimum absolute atomic E-state index is 0.00996. The summed E-state index contributed by atoms with van der Waals surface area (Å²) in [5.74, 6) is -0.187. The number of carbonyl (C=O) groups is 2. The highest BCUT2D eigenvalue weighted by atomic mass is 16.5. The summed E-state index contributed by atoms with van der Waals surface area (Å²) in [7, 11) is 0. The van der Waals surface area contributed by atoms with Gasteiger partial charge in [-0.2, -0.15) is 0 Å². The minimum atomic E-state index is -0.278. The lowest BCUT2D eigenvalue weighted by molar-refractivity contribution is -0.143. The highest BCUT2D eigenvalue weighted by Crippen LogP contribution is 2.50. The average molecular weight is 513 g/mol. The van der Waals surface area contributed by atoms with Crippen molar-refractivity contribution in [3.63, 3.8) is 0 Å². The molecule has 198 valence electrons. The fraction of sp³-hybridized carbons (Fsp3) is 0.469. The predicted molar refractivity (Wildman–Crippen MR) is 146 cm³/mol. The summed E-state index contributed by atoms with van der Waals surface area (Å²) >= 11 is 0. The maximum Gasteiger partial charge on any atom is 0.234 e. The largest absolute Gasteiger partial charge is 0.507 e. The zero-order valence-electron chi connectivity index (χ0n) is 22.0. The molecule has 6 rings (SSSR count). The SMILES string of the molecule is CC1=C2[C@@H](CC/C(=C/c3ccccc3O)c3ccccn3)OC[C@@H]2[C@@H]2C(=O)N(C3CCCCC3)C(=O)[C@@H]2C1. The molecule has 1 aromatic carbocycles. The number of benzene rings is 1. The number of phenols is 1. The summed E-state index contributed by atoms with van der Waals surface area (Å²) < 4.78 is 6.37. The van der Waals surface area contributed by atoms with E-state index >= 15 is 0 Å². The highest BCUT2D eigenvalue weighted by Gasteiger charge is 2.57. The quantitative estimate of drug-likeness (QED) is 0.392. The second-order valence-corrected chi connectivity index (χ2v) is 11.3. The van der Waals surface area contributed by atoms with Gasteiger partial charge in [-0.15, -0.1) is 0 Å². The molecule has 1 aromatic heterocycles. The van der Waals surface area contributed by atoms with Crippen molar-refractivity contribution in [3.8, 4) is 5.75 Å². The van der Waals surface area contributed by atoms with Gasteiger partial charge < -0.3 is 9.84 Å². The van der Waals surface area contributed by atoms with Gasteiger partial charge in [0.05, 0.1) is 30.2 Å². The van der Waals surface area contributed by atoms with Crippen molar-refractivity contribution in [1.29, 1.82) is 0 Å². The van der Waals surface area contributed by atoms with Gasteiger partial charge in [0.1, 0.15) is 5.75 Å². The monoisotopic (exact) mass is 512 g/mol. The van der Waals surface area contributed by atoms with Crippen LogP contribution in [0.5, 0.6) is 5.75 Å². The van der Waals surface area contributed by atoms with Crippen LogP contribution in [0.2, 0.25) is 0 Å². The van der Waals surface area contributed by atoms with E-state index in [0.29, 0.717) is 19.4 Å². The lowest BCUT2D eigenvalue weighted by Gasteiger charge is -2.31. The number of allylic oxidation sites excluding steroid dienone is 2. The van der Waals surface area contributed by atoms with E-state index in [9.17, 15) is 14.7 Å². The molecular weight excluding hydrogens is 476 g/mol. The number of likely N-dealkylation sites (tertiary alicyclic amines) is 1. The number of pyridine rings is 1. The van der Waals surface area contributed by atoms with E-state index < -0.39 is 0 Å². The van der Waals surface area contributed by atoms with Gasteiger partial charge in [0, 0.05) is 23.7 Å². The maximum atomic E-state index is 13.7. The molecule has 2 aliphatic carbocycles. The van der Waals surface area contributed by atoms with E-state index in [1.165, 1.54) is 17.6 Å². The number of aromatic hydroxyl groups is 1. The van der Waals surface area contributed by atoms with Crippen LogP contribution in [0, 0.1) is 17.8 Å². The number of aromatic nitrogens is 1. The van der Waals surface area contributed by atoms with Gasteiger partial charge in [0.25, 0.3) is 0 Å². The fourth-order valence-electron chi connectivity index (χ4n) is 7.26. The molecule has 2 saturated heterocycles. The normalized spacial score (nSPS) is 28.1. The Morgan fingerprint density at radius 2 is 1.84 bits per heavy atom. The molecule has 6 heteroatoms. The maximum absolute atomic E-state index is 13.7. The number of amides is 2. The van der Waals surface area contributed by atoms with Crippen LogP contribution in [0.25, 0.3) is 11.6 Å². The average Bonchev–Trinajstić information content (AvgIpc) is 3.47. The second kappa shape index (κ2) is 10.5. The molecule has 6 nitrogen and oxygen atoms in total. The Labute approximate surface area is 224 Å². The third-order valence-electron chi connectivity index (χ3n) is 9.06. The highest BCUT2D eigenvalue weighted by molar-refractivity contribution is 6.06. The van der Waals surface area contributed by atoms with Crippen LogP contribution in [0.3, 0.4) is 0 Å². The smallest absolute Gasteiger partial charge is 0.234 e. The minimum Gasteiger partial charge on any atom is -0.507 e. The molecule has 4 atom stereocenters. The zero-order chi connectivity index (χ0) is 26.2. The lowest BCUT2D eigenvalue weighted by atomic mass is 9.70. The molecule has 0 spiro atoms. The Balaban J connectivity index is 1.23. The summed E-state index contributed by atoms with van der Waals surface area (Å²) in [4.78, 5) is 33.4. The predicted octanol–water partition coefficient (Wildman–Crippen LogP) is 5.78. The van der Waals surface area contributed by atoms with Crippen LogP contribution in [0.1, 0.15) is 69.5 Å². The molecule has 3 fully saturated rings. The van der Waals surface area contributed by atoms with Gasteiger partial charge in [-0.25, -0.2) is 0 Å². The Morgan fingerprint density at radius 1 is 1.05 bits per heavy atom. The molecule has 2 aliphatic heterocycles. The topological polar surface area (TPSA) is 79.7 Å². The summed E-state index contributed by atoms with van der Waals surface area (Å²) in [6.07, 6.45) is 11.1. The van der Waals surface area contributed by atoms with Gasteiger partial charge in [-0.3, -0.25) is 19.5 Å². The Hall–Kier alpha value is -3.25. The number of imide groups is 1. The molecule has 0 unspecified atom stereocenters. The van der Waals surface area contributed by atoms with Gasteiger partial charge in [0.15, 0.2) is 0 Å². The van der Waals surface area contributed by atoms with E-state index in [-0.39, 0.29) is 47.5 Å². The number of phenolic OH excluding ortho intramolecular Hbond substituents is 1. The van der Waals surface area contributed by atoms with Crippen LogP contribution >= 0.6 is 0 Å². The van der Waals surface area contributed by atoms with Gasteiger partial charge >= 0.3 is 0 Å². The summed E-state index contributed by atoms with van der Waals surface area (Å²) in [6, 6.07) is 13.3. The molecular formula is C32H36N2O4. The third kappa shape index (κ3) is 4.49. The number of fused-ring (bicyclic) bond motifs is 3. The number of hydrogen-bond acceptors (Lipinski definition) is 5. The number of para-hydroxylation sites is 1. The molecule has 1 N–H and O–H groups in total. The number of rotatable bonds is 6. The molecule has 0 radical (unpaired) electrons. The lowest BCUT2D eigenvalue weighted by Crippen LogP contribution is -2.42. The Morgan fingerprint density at radius 3 is 2.61 bits per heavy atom. The van der Waals surface area contributed by atoms with Crippen molar-refractivity contribution >= 4 is 23.5 Å². The first kappa shape index (κ1) is 25.1. The van der Waals surface area contributed by atoms with Crippen LogP contribution in [-0.4, -0.2) is 45.6 Å². The van der Waals surface area contributed by atoms with Crippen LogP contribution < -0.4 is 0 Å². The van der Waals surface area contributed by atoms with Gasteiger partial charge in [-0.05, 0) is 74.4 Å². The van der Waals surface area contributed by atoms with Gasteiger partial charge in [0.2, 0.25) is 11.8 Å². The van der Waals surface area contributed by atoms with Gasteiger partial charge in [-0.1, -0.05) is 49.1 Å². The van der Waals surface area contributed by atoms with Crippen molar-refractivity contribution in [2.24, 2.45) is 17.8 Å². The van der Waals surface area contributed by atoms with Crippen molar-refractivity contribution in [2.45, 2.75) is 70.4 Å². The molecule has 2 aromatic rings. The van der Waals surface area contributed by atoms with Crippen LogP contribution in [0.15, 0.2) is 59.8 Å². The Kier molecular flexibility index (Phi) is 6.91. The Bertz CT molecular complexity index is 1280. The molecule has 2 amide bonds. The number of carbonyl (C=O) groups excluding carboxylic acids is 2. The first-order valence-electron chi connectivity index (χ1n) is 14.1. The van der Waals surface area contributed by atoms with E-state index in [0.717, 1.165) is 48.9 Å². The van der Waals surface area contributed by atoms with E-state index in [2.05, 4.69) is 11.9 Å². The molecule has 1 saturated carbocycles. The summed E-state index contributed by atoms with van der Waals surface area (Å²) in [6.45, 7) is 2.62. The van der Waals surface area contributed by atoms with Crippen molar-refractivity contribution < 1.29 is 19.4 Å². The zero-order valence-corrected chi connectivity index (χ0v) is 22.0. The van der Waals surface area contributed by atoms with E-state index in [1.807, 2.05) is 42.5 Å². The van der Waals surface area contributed by atoms with Crippen molar-refractivity contribution in [3.05, 3.63) is 71.1 Å². The molecule has 3 heterocycles. The van der Waals surface area contributed by atoms with E-state index in [4.69, 9.17) is 4.74 Å². The first-order valence-corrected chi connectivity index (χ1v) is 14.1. The molecule has 38 heavy (non-hydrogen) atoms. The van der Waals surface area contributed by atoms with Crippen LogP contribution in [-0.2, 0) is 14.3 Å². The number of hydrogen-bond donors (Lipinski definition) is 1. The van der Waals surface area contributed by atoms with Crippen molar-refractivity contribution in [1.82, 2.24) is 9.88 Å². The summed E-state index contributed by atoms with van der Waals surface area (Å²) in [5.41, 5.74) is 5.11. The number of nitrogens with zero attached hydrogens (tertiary/aromatic N) is 2. The summed E-state index contributed by atoms with van der Waals surface area (Å²) in [5, 5.41) is 10.4. The standard InChI is InChI=1S/C32H36N2O4/c1-20-17-24-30(32(37)34(31(24)36)23-10-3-2-4-11-23)25-19-38-28(29(20)25)15-14-21(26-12-7-8-16-33-26)18-22-9-5-6-13-27(22)35/h5-9,12-13,16,18,23-25,28,30,35H,2-4,10-11,14-15,17,19H2,1H3/b21-18-/t24-,25+,28-,30-/m1/s1. The second-order valence-electron chi connectivity index (χ2n) is 11.3. The molecule has 0 bridgehead atoms.